The van der Waals surface area contributed by atoms with Crippen LogP contribution in [-0.4, -0.2) is 5.97 Å². The molecule has 0 bridgehead atoms. The fraction of sp³-hybridized carbons (Fsp3) is 0.0800. The van der Waals surface area contributed by atoms with Gasteiger partial charge in [0.15, 0.2) is 0 Å². The van der Waals surface area contributed by atoms with E-state index in [9.17, 15) is 4.79 Å². The summed E-state index contributed by atoms with van der Waals surface area (Å²) in [5, 5.41) is 2.27. The van der Waals surface area contributed by atoms with Gasteiger partial charge in [0.25, 0.3) is 0 Å². The summed E-state index contributed by atoms with van der Waals surface area (Å²) in [5.74, 6) is -0.310. The first-order valence-electron chi connectivity index (χ1n) is 9.07. The lowest BCUT2D eigenvalue weighted by Crippen LogP contribution is -2.10. The molecule has 0 fully saturated rings. The van der Waals surface area contributed by atoms with Gasteiger partial charge in [0.2, 0.25) is 0 Å². The van der Waals surface area contributed by atoms with Gasteiger partial charge in [-0.3, -0.25) is 0 Å². The van der Waals surface area contributed by atoms with Crippen molar-refractivity contribution < 1.29 is 9.53 Å². The van der Waals surface area contributed by atoms with E-state index in [0.29, 0.717) is 5.56 Å². The highest BCUT2D eigenvalue weighted by Gasteiger charge is 2.18. The molecule has 132 valence electrons. The normalized spacial score (nSPS) is 11.9. The topological polar surface area (TPSA) is 26.3 Å². The summed E-state index contributed by atoms with van der Waals surface area (Å²) >= 11 is 0. The minimum atomic E-state index is -0.310. The molecule has 4 rings (SSSR count). The standard InChI is InChI=1S/C25H20O2/c1-18(19-10-3-2-4-11-19)27-25(26)24-16-8-7-15-23(24)22-17-9-13-20-12-5-6-14-21(20)22/h2-18H,1H3. The summed E-state index contributed by atoms with van der Waals surface area (Å²) in [4.78, 5) is 12.9. The van der Waals surface area contributed by atoms with E-state index in [-0.39, 0.29) is 12.1 Å². The average molecular weight is 352 g/mol. The van der Waals surface area contributed by atoms with Crippen LogP contribution in [0.3, 0.4) is 0 Å². The van der Waals surface area contributed by atoms with E-state index < -0.39 is 0 Å². The molecule has 2 nitrogen and oxygen atoms in total. The molecule has 0 spiro atoms. The Morgan fingerprint density at radius 2 is 1.33 bits per heavy atom. The molecule has 0 heterocycles. The molecule has 0 saturated carbocycles. The Labute approximate surface area is 159 Å². The second-order valence-corrected chi connectivity index (χ2v) is 6.53. The van der Waals surface area contributed by atoms with Crippen LogP contribution in [0.1, 0.15) is 28.9 Å². The fourth-order valence-electron chi connectivity index (χ4n) is 3.37. The van der Waals surface area contributed by atoms with Crippen LogP contribution in [0.25, 0.3) is 21.9 Å². The Morgan fingerprint density at radius 3 is 2.19 bits per heavy atom. The number of fused-ring (bicyclic) bond motifs is 1. The summed E-state index contributed by atoms with van der Waals surface area (Å²) in [6.45, 7) is 1.90. The maximum absolute atomic E-state index is 12.9. The lowest BCUT2D eigenvalue weighted by Gasteiger charge is -2.16. The minimum Gasteiger partial charge on any atom is -0.454 e. The summed E-state index contributed by atoms with van der Waals surface area (Å²) in [6, 6.07) is 31.8. The number of carbonyl (C=O) groups excluding carboxylic acids is 1. The van der Waals surface area contributed by atoms with E-state index in [2.05, 4.69) is 24.3 Å². The van der Waals surface area contributed by atoms with Gasteiger partial charge in [-0.05, 0) is 40.5 Å². The van der Waals surface area contributed by atoms with Crippen molar-refractivity contribution in [2.24, 2.45) is 0 Å². The third-order valence-electron chi connectivity index (χ3n) is 4.78. The zero-order chi connectivity index (χ0) is 18.6. The molecule has 4 aromatic rings. The number of benzene rings is 4. The molecule has 1 unspecified atom stereocenters. The first-order chi connectivity index (χ1) is 13.2. The van der Waals surface area contributed by atoms with Crippen molar-refractivity contribution in [3.05, 3.63) is 108 Å². The Hall–Kier alpha value is -3.39. The Kier molecular flexibility index (Phi) is 4.71. The monoisotopic (exact) mass is 352 g/mol. The molecule has 0 N–H and O–H groups in total. The number of carbonyl (C=O) groups is 1. The molecular weight excluding hydrogens is 332 g/mol. The molecule has 0 saturated heterocycles. The van der Waals surface area contributed by atoms with Crippen LogP contribution in [0.2, 0.25) is 0 Å². The Balaban J connectivity index is 1.72. The third kappa shape index (κ3) is 3.47. The van der Waals surface area contributed by atoms with Gasteiger partial charge in [-0.2, -0.15) is 0 Å². The lowest BCUT2D eigenvalue weighted by atomic mass is 9.94. The SMILES string of the molecule is CC(OC(=O)c1ccccc1-c1cccc2ccccc12)c1ccccc1. The van der Waals surface area contributed by atoms with Crippen molar-refractivity contribution in [1.29, 1.82) is 0 Å². The molecule has 0 aliphatic heterocycles. The Bertz CT molecular complexity index is 1080. The van der Waals surface area contributed by atoms with Gasteiger partial charge in [-0.15, -0.1) is 0 Å². The van der Waals surface area contributed by atoms with E-state index in [0.717, 1.165) is 27.5 Å². The van der Waals surface area contributed by atoms with E-state index in [1.54, 1.807) is 0 Å². The van der Waals surface area contributed by atoms with Crippen molar-refractivity contribution in [3.63, 3.8) is 0 Å². The lowest BCUT2D eigenvalue weighted by molar-refractivity contribution is 0.0339. The molecule has 4 aromatic carbocycles. The second-order valence-electron chi connectivity index (χ2n) is 6.53. The molecular formula is C25H20O2. The summed E-state index contributed by atoms with van der Waals surface area (Å²) in [7, 11) is 0. The third-order valence-corrected chi connectivity index (χ3v) is 4.78. The zero-order valence-corrected chi connectivity index (χ0v) is 15.1. The van der Waals surface area contributed by atoms with Gasteiger partial charge >= 0.3 is 5.97 Å². The molecule has 0 aliphatic carbocycles. The quantitative estimate of drug-likeness (QED) is 0.396. The highest BCUT2D eigenvalue weighted by atomic mass is 16.5. The molecule has 0 radical (unpaired) electrons. The Morgan fingerprint density at radius 1 is 0.704 bits per heavy atom. The summed E-state index contributed by atoms with van der Waals surface area (Å²) in [6.07, 6.45) is -0.306. The fourth-order valence-corrected chi connectivity index (χ4v) is 3.37. The highest BCUT2D eigenvalue weighted by Crippen LogP contribution is 2.32. The van der Waals surface area contributed by atoms with Crippen LogP contribution in [0.5, 0.6) is 0 Å². The summed E-state index contributed by atoms with van der Waals surface area (Å²) < 4.78 is 5.76. The average Bonchev–Trinajstić information content (AvgIpc) is 2.74. The molecule has 1 atom stereocenters. The van der Waals surface area contributed by atoms with Gasteiger partial charge in [0.1, 0.15) is 6.10 Å². The maximum atomic E-state index is 12.9. The van der Waals surface area contributed by atoms with Crippen LogP contribution in [0, 0.1) is 0 Å². The van der Waals surface area contributed by atoms with Crippen LogP contribution < -0.4 is 0 Å². The molecule has 0 amide bonds. The van der Waals surface area contributed by atoms with Crippen molar-refractivity contribution >= 4 is 16.7 Å². The van der Waals surface area contributed by atoms with E-state index in [1.165, 1.54) is 0 Å². The maximum Gasteiger partial charge on any atom is 0.339 e. The van der Waals surface area contributed by atoms with Gasteiger partial charge in [0.05, 0.1) is 5.56 Å². The molecule has 2 heteroatoms. The predicted octanol–water partition coefficient (Wildman–Crippen LogP) is 6.42. The van der Waals surface area contributed by atoms with Crippen LogP contribution in [0.15, 0.2) is 97.1 Å². The van der Waals surface area contributed by atoms with Gasteiger partial charge in [0, 0.05) is 0 Å². The van der Waals surface area contributed by atoms with Crippen molar-refractivity contribution in [1.82, 2.24) is 0 Å². The number of hydrogen-bond acceptors (Lipinski definition) is 2. The first kappa shape index (κ1) is 17.0. The number of ether oxygens (including phenoxy) is 1. The zero-order valence-electron chi connectivity index (χ0n) is 15.1. The van der Waals surface area contributed by atoms with Gasteiger partial charge < -0.3 is 4.74 Å². The van der Waals surface area contributed by atoms with Crippen LogP contribution in [0.4, 0.5) is 0 Å². The number of esters is 1. The molecule has 0 aromatic heterocycles. The van der Waals surface area contributed by atoms with E-state index >= 15 is 0 Å². The van der Waals surface area contributed by atoms with Crippen LogP contribution >= 0.6 is 0 Å². The molecule has 0 aliphatic rings. The summed E-state index contributed by atoms with van der Waals surface area (Å²) in [5.41, 5.74) is 3.48. The largest absolute Gasteiger partial charge is 0.454 e. The van der Waals surface area contributed by atoms with Crippen molar-refractivity contribution in [2.75, 3.05) is 0 Å². The van der Waals surface area contributed by atoms with Gasteiger partial charge in [-0.25, -0.2) is 4.79 Å². The first-order valence-corrected chi connectivity index (χ1v) is 9.07. The highest BCUT2D eigenvalue weighted by molar-refractivity contribution is 6.04. The second kappa shape index (κ2) is 7.46. The van der Waals surface area contributed by atoms with E-state index in [4.69, 9.17) is 4.74 Å². The number of rotatable bonds is 4. The van der Waals surface area contributed by atoms with Gasteiger partial charge in [-0.1, -0.05) is 91.0 Å². The van der Waals surface area contributed by atoms with Crippen molar-refractivity contribution in [3.8, 4) is 11.1 Å². The van der Waals surface area contributed by atoms with Crippen molar-refractivity contribution in [2.45, 2.75) is 13.0 Å². The smallest absolute Gasteiger partial charge is 0.339 e. The minimum absolute atomic E-state index is 0.306. The van der Waals surface area contributed by atoms with Crippen LogP contribution in [-0.2, 0) is 4.74 Å². The van der Waals surface area contributed by atoms with E-state index in [1.807, 2.05) is 79.7 Å². The number of hydrogen-bond donors (Lipinski definition) is 0. The molecule has 27 heavy (non-hydrogen) atoms. The predicted molar refractivity (Wildman–Crippen MR) is 110 cm³/mol.